The summed E-state index contributed by atoms with van der Waals surface area (Å²) in [6.45, 7) is 4.65. The summed E-state index contributed by atoms with van der Waals surface area (Å²) in [5.41, 5.74) is 4.44. The monoisotopic (exact) mass is 446 g/mol. The first-order valence-corrected chi connectivity index (χ1v) is 11.9. The number of hydrogen-bond donors (Lipinski definition) is 0. The summed E-state index contributed by atoms with van der Waals surface area (Å²) in [4.78, 5) is 21.6. The van der Waals surface area contributed by atoms with Crippen LogP contribution in [0.1, 0.15) is 32.9 Å². The first-order chi connectivity index (χ1) is 12.1. The predicted octanol–water partition coefficient (Wildman–Crippen LogP) is 3.41. The van der Waals surface area contributed by atoms with Gasteiger partial charge in [-0.15, -0.1) is 0 Å². The number of rotatable bonds is 3. The Kier molecular flexibility index (Phi) is 4.37. The molecule has 0 N–H and O–H groups in total. The zero-order valence-electron chi connectivity index (χ0n) is 14.2. The number of fused-ring (bicyclic) bond motifs is 1. The average molecular weight is 446 g/mol. The van der Waals surface area contributed by atoms with Gasteiger partial charge in [-0.05, 0) is 0 Å². The van der Waals surface area contributed by atoms with Gasteiger partial charge in [0, 0.05) is 0 Å². The summed E-state index contributed by atoms with van der Waals surface area (Å²) in [6.07, 6.45) is 6.30. The average Bonchev–Trinajstić information content (AvgIpc) is 3.00. The molecule has 0 atom stereocenters. The van der Waals surface area contributed by atoms with E-state index in [-0.39, 0.29) is 0 Å². The van der Waals surface area contributed by atoms with Gasteiger partial charge in [0.15, 0.2) is 0 Å². The second-order valence-electron chi connectivity index (χ2n) is 6.21. The molecule has 0 radical (unpaired) electrons. The third-order valence-electron chi connectivity index (χ3n) is 4.40. The van der Waals surface area contributed by atoms with Crippen molar-refractivity contribution >= 4 is 23.6 Å². The molecule has 0 spiro atoms. The Morgan fingerprint density at radius 2 is 2.08 bits per heavy atom. The normalized spacial score (nSPS) is 15.3. The molecule has 4 rings (SSSR count). The Balaban J connectivity index is 1.62. The number of nitrogens with zero attached hydrogens (tertiary/aromatic N) is 4. The van der Waals surface area contributed by atoms with Crippen LogP contribution in [0.15, 0.2) is 43.0 Å². The van der Waals surface area contributed by atoms with Gasteiger partial charge in [-0.25, -0.2) is 0 Å². The van der Waals surface area contributed by atoms with Crippen molar-refractivity contribution in [2.24, 2.45) is 0 Å². The summed E-state index contributed by atoms with van der Waals surface area (Å²) in [6, 6.07) is 8.35. The molecule has 5 nitrogen and oxygen atoms in total. The molecule has 6 heteroatoms. The third kappa shape index (κ3) is 3.22. The molecule has 0 aliphatic carbocycles. The van der Waals surface area contributed by atoms with E-state index in [1.54, 1.807) is 6.33 Å². The van der Waals surface area contributed by atoms with Gasteiger partial charge in [-0.2, -0.15) is 0 Å². The Bertz CT molecular complexity index is 950. The van der Waals surface area contributed by atoms with Crippen LogP contribution in [0.2, 0.25) is 0 Å². The molecule has 3 heterocycles. The van der Waals surface area contributed by atoms with Gasteiger partial charge in [-0.1, -0.05) is 0 Å². The van der Waals surface area contributed by atoms with E-state index in [1.165, 1.54) is 11.1 Å². The van der Waals surface area contributed by atoms with Crippen molar-refractivity contribution in [1.29, 1.82) is 0 Å². The van der Waals surface area contributed by atoms with Gasteiger partial charge >= 0.3 is 154 Å². The van der Waals surface area contributed by atoms with Crippen molar-refractivity contribution in [3.05, 3.63) is 74.6 Å². The molecule has 0 fully saturated rings. The zero-order valence-corrected chi connectivity index (χ0v) is 16.4. The molecule has 1 aliphatic heterocycles. The number of hydrogen-bond acceptors (Lipinski definition) is 4. The second kappa shape index (κ2) is 6.67. The number of pyridine rings is 1. The van der Waals surface area contributed by atoms with Gasteiger partial charge in [0.05, 0.1) is 0 Å². The molecule has 1 aromatic carbocycles. The molecular weight excluding hydrogens is 427 g/mol. The number of benzene rings is 1. The van der Waals surface area contributed by atoms with E-state index in [0.29, 0.717) is 10.3 Å². The van der Waals surface area contributed by atoms with Crippen molar-refractivity contribution in [2.75, 3.05) is 4.43 Å². The molecule has 0 saturated carbocycles. The molecule has 3 aromatic rings. The van der Waals surface area contributed by atoms with Crippen LogP contribution in [0.4, 0.5) is 0 Å². The first kappa shape index (κ1) is 16.4. The maximum atomic E-state index is 13.0. The van der Waals surface area contributed by atoms with Gasteiger partial charge in [0.25, 0.3) is 0 Å². The molecule has 1 aliphatic rings. The molecule has 128 valence electrons. The fourth-order valence-corrected chi connectivity index (χ4v) is 8.35. The number of alkyl halides is 1. The van der Waals surface area contributed by atoms with Crippen molar-refractivity contribution < 1.29 is 4.79 Å². The Labute approximate surface area is 153 Å². The van der Waals surface area contributed by atoms with Crippen molar-refractivity contribution in [1.82, 2.24) is 19.7 Å². The topological polar surface area (TPSA) is 60.7 Å². The van der Waals surface area contributed by atoms with Crippen molar-refractivity contribution in [3.63, 3.8) is 0 Å². The van der Waals surface area contributed by atoms with E-state index in [1.807, 2.05) is 36.1 Å². The second-order valence-corrected chi connectivity index (χ2v) is 11.6. The van der Waals surface area contributed by atoms with Crippen LogP contribution in [-0.2, 0) is 13.0 Å². The van der Waals surface area contributed by atoms with E-state index in [2.05, 4.69) is 34.1 Å². The molecule has 0 unspecified atom stereocenters. The Hall–Kier alpha value is -2.09. The van der Waals surface area contributed by atoms with Crippen LogP contribution in [0, 0.1) is 17.4 Å². The summed E-state index contributed by atoms with van der Waals surface area (Å²) in [5.74, 6) is 0.877. The van der Waals surface area contributed by atoms with E-state index in [9.17, 15) is 4.79 Å². The quantitative estimate of drug-likeness (QED) is 0.352. The maximum absolute atomic E-state index is 13.0. The Morgan fingerprint density at radius 3 is 2.88 bits per heavy atom. The summed E-state index contributed by atoms with van der Waals surface area (Å²) in [5, 5.41) is 4.23. The number of aryl methyl sites for hydroxylation is 3. The molecule has 2 aromatic heterocycles. The van der Waals surface area contributed by atoms with E-state index < -0.39 is 19.8 Å². The zero-order chi connectivity index (χ0) is 17.4. The summed E-state index contributed by atoms with van der Waals surface area (Å²) in [7, 11) is 0. The number of carbonyl (C=O) groups excluding carboxylic acids is 1. The van der Waals surface area contributed by atoms with E-state index in [0.717, 1.165) is 31.4 Å². The van der Waals surface area contributed by atoms with Crippen molar-refractivity contribution in [2.45, 2.75) is 26.8 Å². The number of halogens is 1. The van der Waals surface area contributed by atoms with Crippen molar-refractivity contribution in [3.8, 4) is 0 Å². The SMILES string of the molecule is Cc1ccc2c(c1)CCI(c1cncc(Cn3ncnc3C)c1)C2=O. The van der Waals surface area contributed by atoms with E-state index >= 15 is 0 Å². The van der Waals surface area contributed by atoms with Crippen LogP contribution in [0.5, 0.6) is 0 Å². The molecule has 25 heavy (non-hydrogen) atoms. The van der Waals surface area contributed by atoms with Crippen LogP contribution in [-0.4, -0.2) is 28.0 Å². The summed E-state index contributed by atoms with van der Waals surface area (Å²) < 4.78 is 4.36. The van der Waals surface area contributed by atoms with Gasteiger partial charge in [0.1, 0.15) is 0 Å². The standard InChI is InChI=1S/C19H19IN4O/c1-13-3-4-18-16(7-13)5-6-20(19(18)25)17-8-15(9-21-10-17)11-24-14(2)22-12-23-24/h3-4,7-10,12H,5-6,11H2,1-2H3. The van der Waals surface area contributed by atoms with Crippen LogP contribution >= 0.6 is 19.8 Å². The molecule has 0 saturated heterocycles. The Morgan fingerprint density at radius 1 is 1.20 bits per heavy atom. The molecular formula is C19H19IN4O. The van der Waals surface area contributed by atoms with Gasteiger partial charge < -0.3 is 0 Å². The van der Waals surface area contributed by atoms with Crippen LogP contribution < -0.4 is 0 Å². The fourth-order valence-electron chi connectivity index (χ4n) is 3.05. The molecule has 0 amide bonds. The molecule has 0 bridgehead atoms. The minimum absolute atomic E-state index is 0.362. The van der Waals surface area contributed by atoms with Crippen LogP contribution in [0.3, 0.4) is 0 Å². The minimum atomic E-state index is -1.92. The third-order valence-corrected chi connectivity index (χ3v) is 9.87. The number of aromatic nitrogens is 4. The summed E-state index contributed by atoms with van der Waals surface area (Å²) >= 11 is -1.92. The first-order valence-electron chi connectivity index (χ1n) is 8.20. The van der Waals surface area contributed by atoms with Crippen LogP contribution in [0.25, 0.3) is 0 Å². The van der Waals surface area contributed by atoms with Gasteiger partial charge in [-0.3, -0.25) is 0 Å². The predicted molar refractivity (Wildman–Crippen MR) is 105 cm³/mol. The van der Waals surface area contributed by atoms with Gasteiger partial charge in [0.2, 0.25) is 0 Å². The fraction of sp³-hybridized carbons (Fsp3) is 0.263. The van der Waals surface area contributed by atoms with E-state index in [4.69, 9.17) is 0 Å². The number of carbonyl (C=O) groups is 1.